The van der Waals surface area contributed by atoms with E-state index < -0.39 is 5.92 Å². The lowest BCUT2D eigenvalue weighted by molar-refractivity contribution is -0.132. The zero-order chi connectivity index (χ0) is 11.8. The van der Waals surface area contributed by atoms with Crippen LogP contribution in [0.5, 0.6) is 0 Å². The summed E-state index contributed by atoms with van der Waals surface area (Å²) in [5.41, 5.74) is 5.39. The number of rotatable bonds is 6. The van der Waals surface area contributed by atoms with Crippen molar-refractivity contribution in [3.63, 3.8) is 0 Å². The number of hydrogen-bond acceptors (Lipinski definition) is 3. The number of amides is 1. The quantitative estimate of drug-likeness (QED) is 0.300. The van der Waals surface area contributed by atoms with Crippen molar-refractivity contribution in [2.45, 2.75) is 33.6 Å². The van der Waals surface area contributed by atoms with Crippen LogP contribution in [-0.4, -0.2) is 34.9 Å². The van der Waals surface area contributed by atoms with Gasteiger partial charge in [-0.15, -0.1) is 0 Å². The van der Waals surface area contributed by atoms with Crippen molar-refractivity contribution in [3.05, 3.63) is 0 Å². The second kappa shape index (κ2) is 7.09. The normalized spacial score (nSPS) is 13.7. The lowest BCUT2D eigenvalue weighted by Crippen LogP contribution is -2.41. The maximum absolute atomic E-state index is 11.8. The molecule has 0 aromatic carbocycles. The number of oxime groups is 1. The van der Waals surface area contributed by atoms with Gasteiger partial charge < -0.3 is 15.8 Å². The van der Waals surface area contributed by atoms with Crippen LogP contribution in [0.4, 0.5) is 0 Å². The van der Waals surface area contributed by atoms with Crippen LogP contribution in [0.25, 0.3) is 0 Å². The van der Waals surface area contributed by atoms with Gasteiger partial charge in [0.2, 0.25) is 5.91 Å². The molecule has 0 radical (unpaired) electrons. The molecule has 1 atom stereocenters. The molecule has 0 spiro atoms. The Labute approximate surface area is 90.9 Å². The Kier molecular flexibility index (Phi) is 6.49. The minimum atomic E-state index is -0.549. The molecule has 3 N–H and O–H groups in total. The Balaban J connectivity index is 4.37. The number of nitrogens with two attached hydrogens (primary N) is 1. The molecule has 0 bridgehead atoms. The summed E-state index contributed by atoms with van der Waals surface area (Å²) in [5, 5.41) is 11.3. The maximum atomic E-state index is 11.8. The third-order valence-electron chi connectivity index (χ3n) is 2.40. The van der Waals surface area contributed by atoms with Gasteiger partial charge in [-0.2, -0.15) is 0 Å². The van der Waals surface area contributed by atoms with Gasteiger partial charge in [0.25, 0.3) is 0 Å². The highest BCUT2D eigenvalue weighted by Gasteiger charge is 2.22. The SMILES string of the molecule is CCCCN(CC)C(=O)C(C)C(N)=NO. The zero-order valence-electron chi connectivity index (χ0n) is 9.73. The zero-order valence-corrected chi connectivity index (χ0v) is 9.73. The molecule has 0 fully saturated rings. The van der Waals surface area contributed by atoms with Crippen molar-refractivity contribution >= 4 is 11.7 Å². The lowest BCUT2D eigenvalue weighted by Gasteiger charge is -2.23. The molecule has 0 heterocycles. The first-order valence-corrected chi connectivity index (χ1v) is 5.34. The van der Waals surface area contributed by atoms with E-state index in [0.29, 0.717) is 6.54 Å². The summed E-state index contributed by atoms with van der Waals surface area (Å²) in [4.78, 5) is 13.6. The highest BCUT2D eigenvalue weighted by atomic mass is 16.4. The van der Waals surface area contributed by atoms with Crippen molar-refractivity contribution in [3.8, 4) is 0 Å². The monoisotopic (exact) mass is 215 g/mol. The van der Waals surface area contributed by atoms with E-state index in [-0.39, 0.29) is 11.7 Å². The number of amidine groups is 1. The van der Waals surface area contributed by atoms with Gasteiger partial charge in [0, 0.05) is 13.1 Å². The van der Waals surface area contributed by atoms with E-state index in [1.165, 1.54) is 0 Å². The van der Waals surface area contributed by atoms with Gasteiger partial charge in [-0.25, -0.2) is 0 Å². The lowest BCUT2D eigenvalue weighted by atomic mass is 10.1. The fourth-order valence-electron chi connectivity index (χ4n) is 1.26. The largest absolute Gasteiger partial charge is 0.409 e. The van der Waals surface area contributed by atoms with E-state index >= 15 is 0 Å². The van der Waals surface area contributed by atoms with Crippen molar-refractivity contribution in [2.75, 3.05) is 13.1 Å². The van der Waals surface area contributed by atoms with Gasteiger partial charge in [0.15, 0.2) is 5.84 Å². The van der Waals surface area contributed by atoms with E-state index in [1.54, 1.807) is 11.8 Å². The number of hydrogen-bond donors (Lipinski definition) is 2. The highest BCUT2D eigenvalue weighted by molar-refractivity contribution is 6.01. The molecule has 0 aliphatic carbocycles. The summed E-state index contributed by atoms with van der Waals surface area (Å²) in [6.45, 7) is 7.03. The maximum Gasteiger partial charge on any atom is 0.233 e. The molecule has 0 aromatic heterocycles. The molecule has 15 heavy (non-hydrogen) atoms. The fourth-order valence-corrected chi connectivity index (χ4v) is 1.26. The number of unbranched alkanes of at least 4 members (excludes halogenated alkanes) is 1. The first-order chi connectivity index (χ1) is 7.08. The minimum Gasteiger partial charge on any atom is -0.409 e. The highest BCUT2D eigenvalue weighted by Crippen LogP contribution is 2.04. The average molecular weight is 215 g/mol. The second-order valence-corrected chi connectivity index (χ2v) is 3.52. The van der Waals surface area contributed by atoms with Crippen molar-refractivity contribution in [2.24, 2.45) is 16.8 Å². The van der Waals surface area contributed by atoms with E-state index in [0.717, 1.165) is 19.4 Å². The Morgan fingerprint density at radius 3 is 2.53 bits per heavy atom. The van der Waals surface area contributed by atoms with Crippen LogP contribution in [0.1, 0.15) is 33.6 Å². The molecular formula is C10H21N3O2. The third kappa shape index (κ3) is 4.18. The van der Waals surface area contributed by atoms with Crippen molar-refractivity contribution in [1.29, 1.82) is 0 Å². The first-order valence-electron chi connectivity index (χ1n) is 5.34. The number of nitrogens with zero attached hydrogens (tertiary/aromatic N) is 2. The predicted molar refractivity (Wildman–Crippen MR) is 59.7 cm³/mol. The van der Waals surface area contributed by atoms with Gasteiger partial charge in [-0.3, -0.25) is 4.79 Å². The molecule has 5 nitrogen and oxygen atoms in total. The van der Waals surface area contributed by atoms with Gasteiger partial charge in [0.05, 0.1) is 5.92 Å². The predicted octanol–water partition coefficient (Wildman–Crippen LogP) is 1.02. The van der Waals surface area contributed by atoms with Gasteiger partial charge in [-0.05, 0) is 20.3 Å². The average Bonchev–Trinajstić information content (AvgIpc) is 2.27. The van der Waals surface area contributed by atoms with Crippen LogP contribution >= 0.6 is 0 Å². The van der Waals surface area contributed by atoms with Gasteiger partial charge >= 0.3 is 0 Å². The Hall–Kier alpha value is -1.26. The van der Waals surface area contributed by atoms with Crippen molar-refractivity contribution in [1.82, 2.24) is 4.90 Å². The van der Waals surface area contributed by atoms with Gasteiger partial charge in [-0.1, -0.05) is 18.5 Å². The van der Waals surface area contributed by atoms with Crippen LogP contribution in [-0.2, 0) is 4.79 Å². The second-order valence-electron chi connectivity index (χ2n) is 3.52. The number of carbonyl (C=O) groups excluding carboxylic acids is 1. The van der Waals surface area contributed by atoms with Crippen LogP contribution in [0, 0.1) is 5.92 Å². The molecule has 0 saturated carbocycles. The molecule has 0 aliphatic heterocycles. The topological polar surface area (TPSA) is 78.9 Å². The van der Waals surface area contributed by atoms with E-state index in [4.69, 9.17) is 10.9 Å². The summed E-state index contributed by atoms with van der Waals surface area (Å²) in [6, 6.07) is 0. The first kappa shape index (κ1) is 13.7. The molecule has 1 amide bonds. The van der Waals surface area contributed by atoms with Gasteiger partial charge in [0.1, 0.15) is 0 Å². The Morgan fingerprint density at radius 1 is 1.53 bits per heavy atom. The molecule has 0 rings (SSSR count). The summed E-state index contributed by atoms with van der Waals surface area (Å²) in [7, 11) is 0. The van der Waals surface area contributed by atoms with E-state index in [9.17, 15) is 4.79 Å². The molecule has 5 heteroatoms. The number of carbonyl (C=O) groups is 1. The van der Waals surface area contributed by atoms with E-state index in [1.807, 2.05) is 6.92 Å². The molecule has 0 aromatic rings. The summed E-state index contributed by atoms with van der Waals surface area (Å²) in [5.74, 6) is -0.664. The van der Waals surface area contributed by atoms with Crippen LogP contribution in [0.15, 0.2) is 5.16 Å². The van der Waals surface area contributed by atoms with E-state index in [2.05, 4.69) is 12.1 Å². The van der Waals surface area contributed by atoms with Crippen LogP contribution in [0.3, 0.4) is 0 Å². The summed E-state index contributed by atoms with van der Waals surface area (Å²) >= 11 is 0. The van der Waals surface area contributed by atoms with Crippen LogP contribution < -0.4 is 5.73 Å². The summed E-state index contributed by atoms with van der Waals surface area (Å²) in [6.07, 6.45) is 2.02. The van der Waals surface area contributed by atoms with Crippen LogP contribution in [0.2, 0.25) is 0 Å². The Bertz CT molecular complexity index is 229. The Morgan fingerprint density at radius 2 is 2.13 bits per heavy atom. The fraction of sp³-hybridized carbons (Fsp3) is 0.800. The third-order valence-corrected chi connectivity index (χ3v) is 2.40. The molecule has 0 saturated heterocycles. The minimum absolute atomic E-state index is 0.0325. The molecule has 0 aliphatic rings. The molecule has 88 valence electrons. The van der Waals surface area contributed by atoms with Crippen molar-refractivity contribution < 1.29 is 10.0 Å². The molecular weight excluding hydrogens is 194 g/mol. The smallest absolute Gasteiger partial charge is 0.233 e. The summed E-state index contributed by atoms with van der Waals surface area (Å²) < 4.78 is 0. The standard InChI is InChI=1S/C10H21N3O2/c1-4-6-7-13(5-2)10(14)8(3)9(11)12-15/h8,15H,4-7H2,1-3H3,(H2,11,12). The molecule has 1 unspecified atom stereocenters.